The number of nitrogen functional groups attached to an aromatic ring is 1. The lowest BCUT2D eigenvalue weighted by atomic mass is 10.1. The van der Waals surface area contributed by atoms with Crippen molar-refractivity contribution in [1.29, 1.82) is 0 Å². The first-order chi connectivity index (χ1) is 35.0. The summed E-state index contributed by atoms with van der Waals surface area (Å²) in [4.78, 5) is 107. The van der Waals surface area contributed by atoms with Gasteiger partial charge in [0.1, 0.15) is 24.7 Å². The first kappa shape index (κ1) is 54.6. The minimum Gasteiger partial charge on any atom is -0.445 e. The molecule has 7 amide bonds. The molecule has 1 fully saturated rings. The third kappa shape index (κ3) is 16.4. The molecule has 1 atom stereocenters. The number of anilines is 3. The summed E-state index contributed by atoms with van der Waals surface area (Å²) in [5.74, 6) is -0.808. The average Bonchev–Trinajstić information content (AvgIpc) is 4.00. The molecule has 21 nitrogen and oxygen atoms in total. The molecule has 5 N–H and O–H groups in total. The van der Waals surface area contributed by atoms with Gasteiger partial charge in [-0.25, -0.2) is 19.6 Å². The Morgan fingerprint density at radius 3 is 2.18 bits per heavy atom. The number of unbranched alkanes of at least 4 members (excludes halogenated alkanes) is 3. The number of nitrogens with zero attached hydrogens (tertiary/aromatic N) is 8. The number of benzene rings is 2. The predicted molar refractivity (Wildman–Crippen MR) is 274 cm³/mol. The molecule has 2 aromatic heterocycles. The molecule has 390 valence electrons. The number of fused-ring (bicyclic) bond motifs is 1. The molecule has 73 heavy (non-hydrogen) atoms. The summed E-state index contributed by atoms with van der Waals surface area (Å²) < 4.78 is 11.6. The Morgan fingerprint density at radius 1 is 0.808 bits per heavy atom. The van der Waals surface area contributed by atoms with Gasteiger partial charge in [-0.2, -0.15) is 4.98 Å². The van der Waals surface area contributed by atoms with Crippen LogP contribution < -0.4 is 21.7 Å². The third-order valence-electron chi connectivity index (χ3n) is 12.5. The number of likely N-dealkylation sites (tertiary alicyclic amines) is 1. The van der Waals surface area contributed by atoms with E-state index in [1.165, 1.54) is 26.9 Å². The molecule has 4 aromatic rings. The molecule has 0 saturated carbocycles. The summed E-state index contributed by atoms with van der Waals surface area (Å²) in [7, 11) is 7.15. The molecule has 2 aromatic carbocycles. The molecule has 21 heteroatoms. The van der Waals surface area contributed by atoms with Crippen LogP contribution in [0.2, 0.25) is 0 Å². The number of carbonyl (C=O) groups is 7. The largest absolute Gasteiger partial charge is 0.445 e. The zero-order valence-corrected chi connectivity index (χ0v) is 42.6. The van der Waals surface area contributed by atoms with E-state index in [1.54, 1.807) is 38.4 Å². The van der Waals surface area contributed by atoms with E-state index in [0.29, 0.717) is 90.7 Å². The Morgan fingerprint density at radius 2 is 1.48 bits per heavy atom. The van der Waals surface area contributed by atoms with Gasteiger partial charge in [-0.3, -0.25) is 33.4 Å². The van der Waals surface area contributed by atoms with Gasteiger partial charge in [0.25, 0.3) is 11.8 Å². The maximum absolute atomic E-state index is 13.2. The fourth-order valence-corrected chi connectivity index (χ4v) is 8.26. The summed E-state index contributed by atoms with van der Waals surface area (Å²) >= 11 is 0. The van der Waals surface area contributed by atoms with Crippen LogP contribution in [0.5, 0.6) is 0 Å². The maximum Gasteiger partial charge on any atom is 0.413 e. The number of ether oxygens (including phenoxy) is 2. The van der Waals surface area contributed by atoms with Crippen molar-refractivity contribution < 1.29 is 47.5 Å². The van der Waals surface area contributed by atoms with E-state index in [9.17, 15) is 33.6 Å². The van der Waals surface area contributed by atoms with Gasteiger partial charge >= 0.3 is 12.2 Å². The van der Waals surface area contributed by atoms with Gasteiger partial charge in [-0.15, -0.1) is 0 Å². The second-order valence-electron chi connectivity index (χ2n) is 19.1. The number of amides is 7. The molecule has 0 unspecified atom stereocenters. The van der Waals surface area contributed by atoms with E-state index in [-0.39, 0.29) is 74.9 Å². The summed E-state index contributed by atoms with van der Waals surface area (Å²) in [6, 6.07) is 18.3. The molecule has 6 rings (SSSR count). The lowest BCUT2D eigenvalue weighted by molar-refractivity contribution is -0.920. The Hall–Kier alpha value is -7.68. The van der Waals surface area contributed by atoms with Crippen molar-refractivity contribution in [3.8, 4) is 0 Å². The first-order valence-electron chi connectivity index (χ1n) is 24.8. The Balaban J connectivity index is 0.845. The Bertz CT molecular complexity index is 2610. The van der Waals surface area contributed by atoms with Crippen LogP contribution in [0.1, 0.15) is 80.7 Å². The molecule has 2 aliphatic rings. The molecule has 0 spiro atoms. The molecule has 1 saturated heterocycles. The van der Waals surface area contributed by atoms with Gasteiger partial charge in [0.05, 0.1) is 26.2 Å². The number of pyridine rings is 1. The number of carbonyl (C=O) groups excluding carboxylic acids is 7. The fourth-order valence-electron chi connectivity index (χ4n) is 8.26. The summed E-state index contributed by atoms with van der Waals surface area (Å²) in [6.45, 7) is 4.51. The average molecular weight is 1010 g/mol. The number of hydrogen-bond acceptors (Lipinski definition) is 14. The van der Waals surface area contributed by atoms with E-state index < -0.39 is 18.2 Å². The van der Waals surface area contributed by atoms with E-state index in [4.69, 9.17) is 20.2 Å². The Kier molecular flexibility index (Phi) is 19.6. The highest BCUT2D eigenvalue weighted by Gasteiger charge is 2.34. The fraction of sp³-hybridized carbons (Fsp3) is 0.462. The van der Waals surface area contributed by atoms with E-state index in [2.05, 4.69) is 57.1 Å². The van der Waals surface area contributed by atoms with Gasteiger partial charge in [0, 0.05) is 88.8 Å². The van der Waals surface area contributed by atoms with Crippen LogP contribution in [0.15, 0.2) is 72.8 Å². The molecule has 4 heterocycles. The Labute approximate surface area is 426 Å². The van der Waals surface area contributed by atoms with Gasteiger partial charge < -0.3 is 45.9 Å². The van der Waals surface area contributed by atoms with Crippen molar-refractivity contribution in [3.05, 3.63) is 95.2 Å². The highest BCUT2D eigenvalue weighted by atomic mass is 16.6. The highest BCUT2D eigenvalue weighted by molar-refractivity contribution is 6.12. The minimum atomic E-state index is -0.689. The van der Waals surface area contributed by atoms with E-state index in [1.807, 2.05) is 26.2 Å². The van der Waals surface area contributed by atoms with E-state index in [0.717, 1.165) is 41.1 Å². The van der Waals surface area contributed by atoms with E-state index >= 15 is 0 Å². The molecular formula is C52H69N12O9+. The summed E-state index contributed by atoms with van der Waals surface area (Å²) in [5.41, 5.74) is 11.6. The molecular weight excluding hydrogens is 937 g/mol. The van der Waals surface area contributed by atoms with Crippen LogP contribution in [0.4, 0.5) is 27.0 Å². The normalized spacial score (nSPS) is 14.3. The van der Waals surface area contributed by atoms with Crippen LogP contribution in [-0.2, 0) is 53.0 Å². The van der Waals surface area contributed by atoms with Crippen LogP contribution >= 0.6 is 0 Å². The SMILES string of the molecule is CCCCNc1nc(N)nc2ccc(Cc3ccc(C[N+](C)(C)COC(=O)N(C)CCN(C)C(=O)OCc4ccc(NC(=O)[C@@H]5CCCN5C(=O)CNC(=O)CCCCCN5C(=O)C=CC5=O)cc4)cc3)nc12. The number of rotatable bonds is 25. The number of hydrogen-bond donors (Lipinski definition) is 4. The molecule has 0 bridgehead atoms. The van der Waals surface area contributed by atoms with Gasteiger partial charge in [0.15, 0.2) is 5.82 Å². The van der Waals surface area contributed by atoms with Gasteiger partial charge in [-0.1, -0.05) is 56.2 Å². The van der Waals surface area contributed by atoms with Gasteiger partial charge in [-0.05, 0) is 67.5 Å². The van der Waals surface area contributed by atoms with Crippen molar-refractivity contribution >= 4 is 70.2 Å². The number of nitrogens with one attached hydrogen (secondary N) is 3. The number of nitrogens with two attached hydrogens (primary N) is 1. The first-order valence-corrected chi connectivity index (χ1v) is 24.8. The number of imide groups is 1. The predicted octanol–water partition coefficient (Wildman–Crippen LogP) is 4.81. The van der Waals surface area contributed by atoms with Crippen molar-refractivity contribution in [2.75, 3.05) is 90.6 Å². The monoisotopic (exact) mass is 1010 g/mol. The zero-order chi connectivity index (χ0) is 52.5. The topological polar surface area (TPSA) is 252 Å². The standard InChI is InChI=1S/C52H68N12O9/c1-6-7-26-54-48-47-41(58-50(53)59-48)23-22-40(56-47)31-36-14-16-37(17-15-36)33-64(4,5)35-73-52(71)61(3)30-29-60(2)51(70)72-34-38-18-20-39(21-19-38)57-49(69)42-12-11-28-62(42)46(68)32-55-43(65)13-9-8-10-27-63-44(66)24-25-45(63)67/h14-25,42H,6-13,26-35H2,1-5H3,(H4-,53,54,55,57,58,59,65,69)/p+1/t42-/m0/s1. The van der Waals surface area contributed by atoms with Crippen LogP contribution in [-0.4, -0.2) is 161 Å². The molecule has 0 aliphatic carbocycles. The van der Waals surface area contributed by atoms with Crippen molar-refractivity contribution in [1.82, 2.24) is 39.9 Å². The maximum atomic E-state index is 13.2. The number of aromatic nitrogens is 3. The summed E-state index contributed by atoms with van der Waals surface area (Å²) in [6.07, 6.45) is 7.14. The van der Waals surface area contributed by atoms with Crippen molar-refractivity contribution in [2.24, 2.45) is 0 Å². The minimum absolute atomic E-state index is 0.0222. The van der Waals surface area contributed by atoms with Gasteiger partial charge in [0.2, 0.25) is 30.4 Å². The smallest absolute Gasteiger partial charge is 0.413 e. The molecule has 0 radical (unpaired) electrons. The van der Waals surface area contributed by atoms with Crippen LogP contribution in [0.3, 0.4) is 0 Å². The van der Waals surface area contributed by atoms with Crippen LogP contribution in [0.25, 0.3) is 11.0 Å². The quantitative estimate of drug-likeness (QED) is 0.0301. The van der Waals surface area contributed by atoms with Crippen molar-refractivity contribution in [3.63, 3.8) is 0 Å². The third-order valence-corrected chi connectivity index (χ3v) is 12.5. The lowest BCUT2D eigenvalue weighted by Gasteiger charge is -2.30. The van der Waals surface area contributed by atoms with Crippen LogP contribution in [0, 0.1) is 0 Å². The second-order valence-corrected chi connectivity index (χ2v) is 19.1. The zero-order valence-electron chi connectivity index (χ0n) is 42.6. The highest BCUT2D eigenvalue weighted by Crippen LogP contribution is 2.23. The lowest BCUT2D eigenvalue weighted by Crippen LogP contribution is -2.47. The summed E-state index contributed by atoms with van der Waals surface area (Å²) in [5, 5.41) is 8.84. The second kappa shape index (κ2) is 26.1. The number of quaternary nitrogens is 1. The molecule has 2 aliphatic heterocycles. The van der Waals surface area contributed by atoms with Crippen molar-refractivity contribution in [2.45, 2.75) is 83.9 Å². The number of likely N-dealkylation sites (N-methyl/N-ethyl adjacent to an activating group) is 2.